The number of amides is 2. The van der Waals surface area contributed by atoms with Crippen LogP contribution in [0, 0.1) is 5.92 Å². The molecular formula is C18H23N3O4. The SMILES string of the molecule is CC(C)C[C@H](NC(=O)COC(=O)C1=NNC(=O)CC1)c1ccccc1. The Morgan fingerprint density at radius 2 is 1.96 bits per heavy atom. The van der Waals surface area contributed by atoms with E-state index in [4.69, 9.17) is 4.74 Å². The molecule has 0 bridgehead atoms. The van der Waals surface area contributed by atoms with Crippen molar-refractivity contribution in [2.45, 2.75) is 39.2 Å². The summed E-state index contributed by atoms with van der Waals surface area (Å²) in [5.74, 6) is -0.902. The molecule has 0 aromatic heterocycles. The van der Waals surface area contributed by atoms with Gasteiger partial charge in [0.05, 0.1) is 6.04 Å². The van der Waals surface area contributed by atoms with Crippen LogP contribution >= 0.6 is 0 Å². The van der Waals surface area contributed by atoms with Gasteiger partial charge in [-0.15, -0.1) is 0 Å². The van der Waals surface area contributed by atoms with Gasteiger partial charge < -0.3 is 10.1 Å². The van der Waals surface area contributed by atoms with Crippen molar-refractivity contribution >= 4 is 23.5 Å². The highest BCUT2D eigenvalue weighted by atomic mass is 16.5. The molecule has 7 nitrogen and oxygen atoms in total. The van der Waals surface area contributed by atoms with Gasteiger partial charge in [0, 0.05) is 12.8 Å². The minimum atomic E-state index is -0.685. The lowest BCUT2D eigenvalue weighted by molar-refractivity contribution is -0.142. The lowest BCUT2D eigenvalue weighted by Crippen LogP contribution is -2.35. The van der Waals surface area contributed by atoms with E-state index in [-0.39, 0.29) is 43.0 Å². The number of hydrazone groups is 1. The van der Waals surface area contributed by atoms with E-state index < -0.39 is 5.97 Å². The molecule has 1 aliphatic rings. The molecule has 2 N–H and O–H groups in total. The highest BCUT2D eigenvalue weighted by molar-refractivity contribution is 6.37. The van der Waals surface area contributed by atoms with Crippen molar-refractivity contribution in [2.75, 3.05) is 6.61 Å². The molecule has 7 heteroatoms. The maximum Gasteiger partial charge on any atom is 0.355 e. The fraction of sp³-hybridized carbons (Fsp3) is 0.444. The first-order valence-electron chi connectivity index (χ1n) is 8.32. The third kappa shape index (κ3) is 6.02. The molecule has 0 radical (unpaired) electrons. The van der Waals surface area contributed by atoms with Crippen LogP contribution in [0.1, 0.15) is 44.7 Å². The predicted octanol–water partition coefficient (Wildman–Crippen LogP) is 1.70. The second-order valence-corrected chi connectivity index (χ2v) is 6.33. The summed E-state index contributed by atoms with van der Waals surface area (Å²) in [6.07, 6.45) is 1.18. The summed E-state index contributed by atoms with van der Waals surface area (Å²) in [5.41, 5.74) is 3.35. The highest BCUT2D eigenvalue weighted by Crippen LogP contribution is 2.20. The van der Waals surface area contributed by atoms with Crippen molar-refractivity contribution < 1.29 is 19.1 Å². The number of hydrogen-bond acceptors (Lipinski definition) is 5. The molecule has 0 unspecified atom stereocenters. The van der Waals surface area contributed by atoms with Crippen molar-refractivity contribution in [2.24, 2.45) is 11.0 Å². The van der Waals surface area contributed by atoms with E-state index in [2.05, 4.69) is 29.7 Å². The van der Waals surface area contributed by atoms with Crippen LogP contribution in [-0.2, 0) is 19.1 Å². The largest absolute Gasteiger partial charge is 0.451 e. The third-order valence-electron chi connectivity index (χ3n) is 3.72. The van der Waals surface area contributed by atoms with Crippen LogP contribution in [0.25, 0.3) is 0 Å². The molecule has 0 saturated carbocycles. The van der Waals surface area contributed by atoms with Crippen LogP contribution in [0.4, 0.5) is 0 Å². The van der Waals surface area contributed by atoms with E-state index in [0.717, 1.165) is 12.0 Å². The molecule has 0 spiro atoms. The number of ether oxygens (including phenoxy) is 1. The number of carbonyl (C=O) groups is 3. The summed E-state index contributed by atoms with van der Waals surface area (Å²) in [6, 6.07) is 9.54. The van der Waals surface area contributed by atoms with Crippen molar-refractivity contribution in [1.82, 2.24) is 10.7 Å². The molecule has 0 aliphatic carbocycles. The van der Waals surface area contributed by atoms with Gasteiger partial charge in [0.15, 0.2) is 6.61 Å². The van der Waals surface area contributed by atoms with Crippen LogP contribution in [0.2, 0.25) is 0 Å². The van der Waals surface area contributed by atoms with Gasteiger partial charge in [0.2, 0.25) is 5.91 Å². The van der Waals surface area contributed by atoms with Crippen LogP contribution < -0.4 is 10.7 Å². The van der Waals surface area contributed by atoms with Gasteiger partial charge in [-0.25, -0.2) is 10.2 Å². The minimum Gasteiger partial charge on any atom is -0.451 e. The standard InChI is InChI=1S/C18H23N3O4/c1-12(2)10-15(13-6-4-3-5-7-13)19-17(23)11-25-18(24)14-8-9-16(22)21-20-14/h3-7,12,15H,8-11H2,1-2H3,(H,19,23)(H,21,22)/t15-/m0/s1. The maximum absolute atomic E-state index is 12.1. The Morgan fingerprint density at radius 1 is 1.24 bits per heavy atom. The summed E-state index contributed by atoms with van der Waals surface area (Å²) in [4.78, 5) is 35.0. The topological polar surface area (TPSA) is 96.9 Å². The number of carbonyl (C=O) groups excluding carboxylic acids is 3. The molecule has 134 valence electrons. The second kappa shape index (κ2) is 8.96. The number of benzene rings is 1. The van der Waals surface area contributed by atoms with E-state index in [0.29, 0.717) is 5.92 Å². The van der Waals surface area contributed by atoms with E-state index >= 15 is 0 Å². The lowest BCUT2D eigenvalue weighted by atomic mass is 9.97. The summed E-state index contributed by atoms with van der Waals surface area (Å²) < 4.78 is 4.99. The summed E-state index contributed by atoms with van der Waals surface area (Å²) in [6.45, 7) is 3.78. The Kier molecular flexibility index (Phi) is 6.68. The number of rotatable bonds is 7. The molecule has 1 aromatic carbocycles. The molecule has 0 saturated heterocycles. The zero-order valence-electron chi connectivity index (χ0n) is 14.5. The molecule has 2 rings (SSSR count). The number of nitrogens with one attached hydrogen (secondary N) is 2. The summed E-state index contributed by atoms with van der Waals surface area (Å²) in [5, 5.41) is 6.55. The molecule has 1 aromatic rings. The monoisotopic (exact) mass is 345 g/mol. The number of nitrogens with zero attached hydrogens (tertiary/aromatic N) is 1. The van der Waals surface area contributed by atoms with Gasteiger partial charge in [-0.05, 0) is 17.9 Å². The van der Waals surface area contributed by atoms with Gasteiger partial charge in [-0.3, -0.25) is 9.59 Å². The Morgan fingerprint density at radius 3 is 2.56 bits per heavy atom. The molecule has 25 heavy (non-hydrogen) atoms. The van der Waals surface area contributed by atoms with Crippen molar-refractivity contribution in [3.8, 4) is 0 Å². The second-order valence-electron chi connectivity index (χ2n) is 6.33. The van der Waals surface area contributed by atoms with Crippen molar-refractivity contribution in [3.05, 3.63) is 35.9 Å². The zero-order valence-corrected chi connectivity index (χ0v) is 14.5. The van der Waals surface area contributed by atoms with E-state index in [1.165, 1.54) is 0 Å². The Labute approximate surface area is 146 Å². The fourth-order valence-corrected chi connectivity index (χ4v) is 2.51. The maximum atomic E-state index is 12.1. The van der Waals surface area contributed by atoms with Crippen LogP contribution in [0.15, 0.2) is 35.4 Å². The van der Waals surface area contributed by atoms with E-state index in [1.807, 2.05) is 30.3 Å². The normalized spacial score (nSPS) is 15.2. The Bertz CT molecular complexity index is 656. The van der Waals surface area contributed by atoms with Gasteiger partial charge in [0.1, 0.15) is 5.71 Å². The van der Waals surface area contributed by atoms with E-state index in [1.54, 1.807) is 0 Å². The Balaban J connectivity index is 1.88. The van der Waals surface area contributed by atoms with Crippen LogP contribution in [0.3, 0.4) is 0 Å². The lowest BCUT2D eigenvalue weighted by Gasteiger charge is -2.21. The first kappa shape index (κ1) is 18.6. The average molecular weight is 345 g/mol. The molecule has 0 fully saturated rings. The predicted molar refractivity (Wildman–Crippen MR) is 92.6 cm³/mol. The van der Waals surface area contributed by atoms with Gasteiger partial charge in [0.25, 0.3) is 5.91 Å². The van der Waals surface area contributed by atoms with Crippen molar-refractivity contribution in [1.29, 1.82) is 0 Å². The minimum absolute atomic E-state index is 0.120. The first-order valence-corrected chi connectivity index (χ1v) is 8.32. The number of hydrogen-bond donors (Lipinski definition) is 2. The molecule has 1 aliphatic heterocycles. The van der Waals surface area contributed by atoms with E-state index in [9.17, 15) is 14.4 Å². The van der Waals surface area contributed by atoms with Gasteiger partial charge >= 0.3 is 5.97 Å². The summed E-state index contributed by atoms with van der Waals surface area (Å²) in [7, 11) is 0. The van der Waals surface area contributed by atoms with Crippen molar-refractivity contribution in [3.63, 3.8) is 0 Å². The van der Waals surface area contributed by atoms with Gasteiger partial charge in [-0.2, -0.15) is 5.10 Å². The van der Waals surface area contributed by atoms with Gasteiger partial charge in [-0.1, -0.05) is 44.2 Å². The fourth-order valence-electron chi connectivity index (χ4n) is 2.51. The molecule has 1 atom stereocenters. The highest BCUT2D eigenvalue weighted by Gasteiger charge is 2.21. The molecule has 2 amide bonds. The molecular weight excluding hydrogens is 322 g/mol. The zero-order chi connectivity index (χ0) is 18.2. The van der Waals surface area contributed by atoms with Crippen LogP contribution in [-0.4, -0.2) is 30.1 Å². The Hall–Kier alpha value is -2.70. The average Bonchev–Trinajstić information content (AvgIpc) is 2.60. The smallest absolute Gasteiger partial charge is 0.355 e. The quantitative estimate of drug-likeness (QED) is 0.735. The third-order valence-corrected chi connectivity index (χ3v) is 3.72. The molecule has 1 heterocycles. The van der Waals surface area contributed by atoms with Crippen LogP contribution in [0.5, 0.6) is 0 Å². The first-order chi connectivity index (χ1) is 12.0. The number of esters is 1. The summed E-state index contributed by atoms with van der Waals surface area (Å²) >= 11 is 0.